The van der Waals surface area contributed by atoms with E-state index in [1.165, 1.54) is 24.3 Å². The summed E-state index contributed by atoms with van der Waals surface area (Å²) in [6, 6.07) is 17.4. The molecule has 4 aromatic carbocycles. The van der Waals surface area contributed by atoms with Crippen LogP contribution in [0.3, 0.4) is 0 Å². The van der Waals surface area contributed by atoms with E-state index >= 15 is 0 Å². The SMILES string of the molecule is O=C(O)c1c(Cl)ccc(Cl)c1C(=O)Nc1ccc(OCCOc2ccc(C(NO)c3c(Cl)ccc(Cl)c3C(=O)O)cc2)cc1. The molecule has 0 fully saturated rings. The zero-order chi connectivity index (χ0) is 32.0. The topological polar surface area (TPSA) is 154 Å². The lowest BCUT2D eigenvalue weighted by atomic mass is 9.94. The van der Waals surface area contributed by atoms with Gasteiger partial charge in [0.1, 0.15) is 24.7 Å². The third kappa shape index (κ3) is 7.54. The van der Waals surface area contributed by atoms with Crippen LogP contribution in [0.5, 0.6) is 11.5 Å². The van der Waals surface area contributed by atoms with Crippen molar-refractivity contribution in [1.29, 1.82) is 0 Å². The zero-order valence-electron chi connectivity index (χ0n) is 22.3. The average Bonchev–Trinajstić information content (AvgIpc) is 2.99. The summed E-state index contributed by atoms with van der Waals surface area (Å²) in [5.41, 5.74) is 2.21. The number of benzene rings is 4. The predicted octanol–water partition coefficient (Wildman–Crippen LogP) is 7.47. The number of halogens is 4. The normalized spacial score (nSPS) is 11.5. The Balaban J connectivity index is 1.32. The quantitative estimate of drug-likeness (QED) is 0.0757. The molecule has 1 amide bonds. The number of hydrogen-bond acceptors (Lipinski definition) is 7. The maximum Gasteiger partial charge on any atom is 0.338 e. The number of carboxylic acid groups (broad SMARTS) is 2. The Bertz CT molecular complexity index is 1700. The highest BCUT2D eigenvalue weighted by Gasteiger charge is 2.26. The van der Waals surface area contributed by atoms with Crippen LogP contribution >= 0.6 is 46.4 Å². The van der Waals surface area contributed by atoms with Gasteiger partial charge in [-0.1, -0.05) is 58.5 Å². The van der Waals surface area contributed by atoms with E-state index in [4.69, 9.17) is 55.9 Å². The van der Waals surface area contributed by atoms with Gasteiger partial charge in [0, 0.05) is 16.3 Å². The minimum Gasteiger partial charge on any atom is -0.490 e. The largest absolute Gasteiger partial charge is 0.490 e. The molecular formula is C30H22Cl4N2O8. The summed E-state index contributed by atoms with van der Waals surface area (Å²) in [7, 11) is 0. The van der Waals surface area contributed by atoms with E-state index in [9.17, 15) is 29.8 Å². The van der Waals surface area contributed by atoms with Crippen LogP contribution < -0.4 is 20.3 Å². The van der Waals surface area contributed by atoms with E-state index in [0.717, 1.165) is 0 Å². The van der Waals surface area contributed by atoms with Gasteiger partial charge < -0.3 is 30.2 Å². The van der Waals surface area contributed by atoms with Crippen LogP contribution in [0.2, 0.25) is 20.1 Å². The molecule has 0 heterocycles. The van der Waals surface area contributed by atoms with Crippen molar-refractivity contribution >= 4 is 69.9 Å². The molecule has 228 valence electrons. The van der Waals surface area contributed by atoms with E-state index in [2.05, 4.69) is 10.8 Å². The first-order valence-corrected chi connectivity index (χ1v) is 14.1. The van der Waals surface area contributed by atoms with Crippen LogP contribution in [0.25, 0.3) is 0 Å². The Morgan fingerprint density at radius 1 is 0.636 bits per heavy atom. The average molecular weight is 680 g/mol. The predicted molar refractivity (Wildman–Crippen MR) is 165 cm³/mol. The highest BCUT2D eigenvalue weighted by molar-refractivity contribution is 6.39. The summed E-state index contributed by atoms with van der Waals surface area (Å²) in [4.78, 5) is 36.1. The number of carbonyl (C=O) groups excluding carboxylic acids is 1. The molecule has 0 radical (unpaired) electrons. The highest BCUT2D eigenvalue weighted by Crippen LogP contribution is 2.35. The fraction of sp³-hybridized carbons (Fsp3) is 0.100. The molecule has 1 unspecified atom stereocenters. The second kappa shape index (κ2) is 14.6. The highest BCUT2D eigenvalue weighted by atomic mass is 35.5. The van der Waals surface area contributed by atoms with Crippen LogP contribution in [0.4, 0.5) is 5.69 Å². The van der Waals surface area contributed by atoms with Crippen molar-refractivity contribution < 1.29 is 39.3 Å². The number of hydrogen-bond donors (Lipinski definition) is 5. The third-order valence-electron chi connectivity index (χ3n) is 6.26. The Kier molecular flexibility index (Phi) is 10.9. The molecule has 10 nitrogen and oxygen atoms in total. The first kappa shape index (κ1) is 32.9. The van der Waals surface area contributed by atoms with Gasteiger partial charge in [0.2, 0.25) is 0 Å². The van der Waals surface area contributed by atoms with Gasteiger partial charge in [-0.3, -0.25) is 4.79 Å². The van der Waals surface area contributed by atoms with Gasteiger partial charge in [0.15, 0.2) is 0 Å². The van der Waals surface area contributed by atoms with Crippen molar-refractivity contribution in [2.75, 3.05) is 18.5 Å². The van der Waals surface area contributed by atoms with E-state index < -0.39 is 29.5 Å². The lowest BCUT2D eigenvalue weighted by molar-refractivity contribution is 0.0682. The van der Waals surface area contributed by atoms with Gasteiger partial charge in [0.25, 0.3) is 5.91 Å². The van der Waals surface area contributed by atoms with Gasteiger partial charge in [-0.25, -0.2) is 9.59 Å². The number of rotatable bonds is 12. The summed E-state index contributed by atoms with van der Waals surface area (Å²) in [5.74, 6) is -2.43. The smallest absolute Gasteiger partial charge is 0.338 e. The second-order valence-corrected chi connectivity index (χ2v) is 10.6. The third-order valence-corrected chi connectivity index (χ3v) is 7.54. The van der Waals surface area contributed by atoms with Gasteiger partial charge in [0.05, 0.1) is 37.8 Å². The summed E-state index contributed by atoms with van der Waals surface area (Å²) in [6.07, 6.45) is 0. The molecule has 44 heavy (non-hydrogen) atoms. The van der Waals surface area contributed by atoms with E-state index in [0.29, 0.717) is 22.7 Å². The molecule has 0 aliphatic rings. The number of anilines is 1. The minimum atomic E-state index is -1.38. The summed E-state index contributed by atoms with van der Waals surface area (Å²) in [5, 5.41) is 31.4. The molecule has 0 spiro atoms. The van der Waals surface area contributed by atoms with Crippen LogP contribution in [0, 0.1) is 0 Å². The molecule has 0 bridgehead atoms. The number of nitrogens with one attached hydrogen (secondary N) is 2. The number of hydroxylamine groups is 1. The van der Waals surface area contributed by atoms with E-state index in [1.807, 2.05) is 0 Å². The molecule has 1 atom stereocenters. The maximum absolute atomic E-state index is 12.7. The van der Waals surface area contributed by atoms with Crippen molar-refractivity contribution in [2.45, 2.75) is 6.04 Å². The number of ether oxygens (including phenoxy) is 2. The zero-order valence-corrected chi connectivity index (χ0v) is 25.3. The summed E-state index contributed by atoms with van der Waals surface area (Å²) < 4.78 is 11.4. The minimum absolute atomic E-state index is 0.0201. The van der Waals surface area contributed by atoms with Crippen molar-refractivity contribution in [3.05, 3.63) is 121 Å². The van der Waals surface area contributed by atoms with Crippen molar-refractivity contribution in [3.8, 4) is 11.5 Å². The van der Waals surface area contributed by atoms with Crippen LogP contribution in [-0.2, 0) is 0 Å². The van der Waals surface area contributed by atoms with Crippen LogP contribution in [-0.4, -0.2) is 46.5 Å². The fourth-order valence-electron chi connectivity index (χ4n) is 4.26. The number of aromatic carboxylic acids is 2. The second-order valence-electron chi connectivity index (χ2n) is 9.01. The molecule has 0 aliphatic carbocycles. The monoisotopic (exact) mass is 678 g/mol. The lowest BCUT2D eigenvalue weighted by Crippen LogP contribution is -2.22. The Labute approximate surface area is 270 Å². The standard InChI is InChI=1S/C30H22Cl4N2O8/c31-19-9-11-21(33)25(29(38)39)23(19)27(36-42)15-1-5-17(6-2-15)43-13-14-44-18-7-3-16(4-8-18)35-28(37)24-20(32)10-12-22(34)26(24)30(40)41/h1-12,27,36,42H,13-14H2,(H,35,37)(H,38,39)(H,40,41). The number of amides is 1. The fourth-order valence-corrected chi connectivity index (χ4v) is 5.25. The molecule has 4 rings (SSSR count). The van der Waals surface area contributed by atoms with Gasteiger partial charge in [-0.05, 0) is 66.2 Å². The Hall–Kier alpha value is -4.03. The van der Waals surface area contributed by atoms with Gasteiger partial charge >= 0.3 is 11.9 Å². The summed E-state index contributed by atoms with van der Waals surface area (Å²) >= 11 is 24.4. The number of carbonyl (C=O) groups is 3. The molecular weight excluding hydrogens is 658 g/mol. The molecule has 0 aliphatic heterocycles. The van der Waals surface area contributed by atoms with Crippen molar-refractivity contribution in [2.24, 2.45) is 0 Å². The molecule has 0 saturated heterocycles. The first-order valence-electron chi connectivity index (χ1n) is 12.6. The lowest BCUT2D eigenvalue weighted by Gasteiger charge is -2.20. The van der Waals surface area contributed by atoms with Crippen LogP contribution in [0.1, 0.15) is 48.2 Å². The van der Waals surface area contributed by atoms with Crippen LogP contribution in [0.15, 0.2) is 72.8 Å². The van der Waals surface area contributed by atoms with Gasteiger partial charge in [-0.2, -0.15) is 5.48 Å². The maximum atomic E-state index is 12.7. The molecule has 5 N–H and O–H groups in total. The van der Waals surface area contributed by atoms with E-state index in [1.54, 1.807) is 48.5 Å². The molecule has 14 heteroatoms. The Morgan fingerprint density at radius 2 is 1.09 bits per heavy atom. The first-order chi connectivity index (χ1) is 21.0. The van der Waals surface area contributed by atoms with Gasteiger partial charge in [-0.15, -0.1) is 0 Å². The summed E-state index contributed by atoms with van der Waals surface area (Å²) in [6.45, 7) is 0.350. The molecule has 0 saturated carbocycles. The molecule has 4 aromatic rings. The Morgan fingerprint density at radius 3 is 1.59 bits per heavy atom. The number of carboxylic acids is 2. The van der Waals surface area contributed by atoms with Crippen molar-refractivity contribution in [3.63, 3.8) is 0 Å². The molecule has 0 aromatic heterocycles. The van der Waals surface area contributed by atoms with E-state index in [-0.39, 0.29) is 50.0 Å². The van der Waals surface area contributed by atoms with Crippen molar-refractivity contribution in [1.82, 2.24) is 5.48 Å².